The molecule has 0 radical (unpaired) electrons. The Hall–Kier alpha value is -4.44. The van der Waals surface area contributed by atoms with E-state index in [0.29, 0.717) is 11.3 Å². The van der Waals surface area contributed by atoms with E-state index in [-0.39, 0.29) is 28.5 Å². The molecule has 0 saturated carbocycles. The number of alkyl halides is 3. The van der Waals surface area contributed by atoms with Crippen LogP contribution < -0.4 is 9.62 Å². The van der Waals surface area contributed by atoms with Gasteiger partial charge in [-0.05, 0) is 67.1 Å². The highest BCUT2D eigenvalue weighted by molar-refractivity contribution is 7.92. The number of halogens is 3. The molecule has 1 aliphatic rings. The SMILES string of the molecule is Cc1ccc(NS(=O)(=O)c2ccc(C(=O)N=C3c4ccccc4CN3c3cccc(C(F)(F)F)c3)cc2)cc1. The number of aryl methyl sites for hydroxylation is 1. The quantitative estimate of drug-likeness (QED) is 0.312. The molecule has 0 spiro atoms. The third-order valence-electron chi connectivity index (χ3n) is 6.25. The fourth-order valence-electron chi connectivity index (χ4n) is 4.22. The first-order valence-corrected chi connectivity index (χ1v) is 13.4. The molecule has 0 aliphatic carbocycles. The van der Waals surface area contributed by atoms with Crippen molar-refractivity contribution in [3.05, 3.63) is 125 Å². The van der Waals surface area contributed by atoms with Gasteiger partial charge in [0.15, 0.2) is 0 Å². The Kier molecular flexibility index (Phi) is 6.73. The molecule has 0 fully saturated rings. The smallest absolute Gasteiger partial charge is 0.321 e. The summed E-state index contributed by atoms with van der Waals surface area (Å²) in [5.74, 6) is -0.443. The van der Waals surface area contributed by atoms with Crippen molar-refractivity contribution in [3.8, 4) is 0 Å². The zero-order valence-electron chi connectivity index (χ0n) is 20.6. The first-order valence-electron chi connectivity index (χ1n) is 11.9. The summed E-state index contributed by atoms with van der Waals surface area (Å²) in [4.78, 5) is 18.9. The second-order valence-corrected chi connectivity index (χ2v) is 10.7. The second kappa shape index (κ2) is 10.0. The number of benzene rings is 4. The molecule has 1 amide bonds. The number of rotatable bonds is 5. The fourth-order valence-corrected chi connectivity index (χ4v) is 5.28. The van der Waals surface area contributed by atoms with Crippen LogP contribution in [0, 0.1) is 6.92 Å². The summed E-state index contributed by atoms with van der Waals surface area (Å²) in [7, 11) is -3.89. The van der Waals surface area contributed by atoms with Gasteiger partial charge < -0.3 is 4.90 Å². The molecule has 1 heterocycles. The van der Waals surface area contributed by atoms with Crippen LogP contribution in [0.15, 0.2) is 107 Å². The number of amides is 1. The van der Waals surface area contributed by atoms with Crippen molar-refractivity contribution < 1.29 is 26.4 Å². The average molecular weight is 550 g/mol. The number of sulfonamides is 1. The van der Waals surface area contributed by atoms with Gasteiger partial charge in [0.25, 0.3) is 15.9 Å². The van der Waals surface area contributed by atoms with Crippen molar-refractivity contribution in [2.24, 2.45) is 4.99 Å². The predicted octanol–water partition coefficient (Wildman–Crippen LogP) is 6.42. The van der Waals surface area contributed by atoms with Crippen LogP contribution in [0.1, 0.15) is 32.6 Å². The zero-order chi connectivity index (χ0) is 27.8. The second-order valence-electron chi connectivity index (χ2n) is 9.03. The maximum Gasteiger partial charge on any atom is 0.416 e. The highest BCUT2D eigenvalue weighted by Gasteiger charge is 2.33. The van der Waals surface area contributed by atoms with Gasteiger partial charge in [0.1, 0.15) is 5.84 Å². The molecule has 4 aromatic carbocycles. The minimum absolute atomic E-state index is 0.0379. The lowest BCUT2D eigenvalue weighted by Crippen LogP contribution is -2.25. The van der Waals surface area contributed by atoms with Gasteiger partial charge in [-0.25, -0.2) is 8.42 Å². The Morgan fingerprint density at radius 2 is 1.59 bits per heavy atom. The molecule has 1 N–H and O–H groups in total. The Bertz CT molecular complexity index is 1680. The van der Waals surface area contributed by atoms with E-state index in [1.54, 1.807) is 47.4 Å². The van der Waals surface area contributed by atoms with E-state index in [9.17, 15) is 26.4 Å². The molecule has 5 rings (SSSR count). The van der Waals surface area contributed by atoms with Gasteiger partial charge in [-0.3, -0.25) is 9.52 Å². The number of nitrogens with zero attached hydrogens (tertiary/aromatic N) is 2. The Labute approximate surface area is 223 Å². The molecule has 10 heteroatoms. The maximum absolute atomic E-state index is 13.4. The molecule has 0 atom stereocenters. The number of fused-ring (bicyclic) bond motifs is 1. The minimum Gasteiger partial charge on any atom is -0.321 e. The summed E-state index contributed by atoms with van der Waals surface area (Å²) < 4.78 is 68.1. The van der Waals surface area contributed by atoms with Crippen LogP contribution >= 0.6 is 0 Å². The summed E-state index contributed by atoms with van der Waals surface area (Å²) in [6.45, 7) is 2.13. The molecule has 0 saturated heterocycles. The summed E-state index contributed by atoms with van der Waals surface area (Å²) in [5.41, 5.74) is 2.40. The number of carbonyl (C=O) groups excluding carboxylic acids is 1. The minimum atomic E-state index is -4.52. The van der Waals surface area contributed by atoms with Gasteiger partial charge in [0, 0.05) is 22.5 Å². The molecular weight excluding hydrogens is 527 g/mol. The highest BCUT2D eigenvalue weighted by atomic mass is 32.2. The van der Waals surface area contributed by atoms with Gasteiger partial charge in [0.05, 0.1) is 17.0 Å². The van der Waals surface area contributed by atoms with Crippen molar-refractivity contribution in [3.63, 3.8) is 0 Å². The highest BCUT2D eigenvalue weighted by Crippen LogP contribution is 2.35. The number of carbonyl (C=O) groups is 1. The molecule has 0 unspecified atom stereocenters. The zero-order valence-corrected chi connectivity index (χ0v) is 21.4. The van der Waals surface area contributed by atoms with Crippen molar-refractivity contribution in [2.45, 2.75) is 24.5 Å². The van der Waals surface area contributed by atoms with Crippen LogP contribution in [0.25, 0.3) is 0 Å². The van der Waals surface area contributed by atoms with E-state index in [0.717, 1.165) is 23.3 Å². The molecule has 1 aliphatic heterocycles. The molecule has 198 valence electrons. The number of anilines is 2. The largest absolute Gasteiger partial charge is 0.416 e. The number of hydrogen-bond donors (Lipinski definition) is 1. The van der Waals surface area contributed by atoms with Gasteiger partial charge >= 0.3 is 6.18 Å². The van der Waals surface area contributed by atoms with Crippen LogP contribution in [0.3, 0.4) is 0 Å². The predicted molar refractivity (Wildman–Crippen MR) is 143 cm³/mol. The van der Waals surface area contributed by atoms with Gasteiger partial charge in [-0.2, -0.15) is 18.2 Å². The number of amidine groups is 1. The number of aliphatic imine (C=N–C) groups is 1. The van der Waals surface area contributed by atoms with Crippen molar-refractivity contribution in [2.75, 3.05) is 9.62 Å². The lowest BCUT2D eigenvalue weighted by Gasteiger charge is -2.20. The molecular formula is C29H22F3N3O3S. The average Bonchev–Trinajstić information content (AvgIpc) is 3.28. The third kappa shape index (κ3) is 5.56. The Morgan fingerprint density at radius 1 is 0.897 bits per heavy atom. The van der Waals surface area contributed by atoms with Crippen LogP contribution in [-0.4, -0.2) is 20.2 Å². The number of nitrogens with one attached hydrogen (secondary N) is 1. The Balaban J connectivity index is 1.44. The summed E-state index contributed by atoms with van der Waals surface area (Å²) in [5, 5.41) is 0. The van der Waals surface area contributed by atoms with Crippen LogP contribution in [0.2, 0.25) is 0 Å². The van der Waals surface area contributed by atoms with Crippen molar-refractivity contribution in [1.82, 2.24) is 0 Å². The monoisotopic (exact) mass is 549 g/mol. The van der Waals surface area contributed by atoms with Crippen molar-refractivity contribution in [1.29, 1.82) is 0 Å². The first-order chi connectivity index (χ1) is 18.5. The summed E-state index contributed by atoms with van der Waals surface area (Å²) in [6, 6.07) is 24.2. The first kappa shape index (κ1) is 26.2. The lowest BCUT2D eigenvalue weighted by atomic mass is 10.1. The molecule has 39 heavy (non-hydrogen) atoms. The summed E-state index contributed by atoms with van der Waals surface area (Å²) >= 11 is 0. The normalized spacial score (nSPS) is 14.4. The van der Waals surface area contributed by atoms with Crippen LogP contribution in [0.5, 0.6) is 0 Å². The van der Waals surface area contributed by atoms with E-state index in [1.807, 2.05) is 13.0 Å². The van der Waals surface area contributed by atoms with Gasteiger partial charge in [-0.15, -0.1) is 0 Å². The van der Waals surface area contributed by atoms with E-state index in [1.165, 1.54) is 36.4 Å². The molecule has 0 aromatic heterocycles. The van der Waals surface area contributed by atoms with Crippen molar-refractivity contribution >= 4 is 33.1 Å². The molecule has 0 bridgehead atoms. The molecule has 4 aromatic rings. The van der Waals surface area contributed by atoms with E-state index in [4.69, 9.17) is 0 Å². The maximum atomic E-state index is 13.4. The third-order valence-corrected chi connectivity index (χ3v) is 7.65. The van der Waals surface area contributed by atoms with E-state index < -0.39 is 27.7 Å². The van der Waals surface area contributed by atoms with Gasteiger partial charge in [-0.1, -0.05) is 48.0 Å². The number of hydrogen-bond acceptors (Lipinski definition) is 3. The fraction of sp³-hybridized carbons (Fsp3) is 0.103. The standard InChI is InChI=1S/C29H22F3N3O3S/c1-19-9-13-23(14-10-19)34-39(37,38)25-15-11-20(12-16-25)28(36)33-27-26-8-3-2-5-21(26)18-35(27)24-7-4-6-22(17-24)29(30,31)32/h2-17,34H,18H2,1H3. The lowest BCUT2D eigenvalue weighted by molar-refractivity contribution is -0.137. The topological polar surface area (TPSA) is 78.8 Å². The van der Waals surface area contributed by atoms with Gasteiger partial charge in [0.2, 0.25) is 0 Å². The Morgan fingerprint density at radius 3 is 2.28 bits per heavy atom. The molecule has 6 nitrogen and oxygen atoms in total. The van der Waals surface area contributed by atoms with E-state index >= 15 is 0 Å². The van der Waals surface area contributed by atoms with Crippen LogP contribution in [-0.2, 0) is 22.7 Å². The van der Waals surface area contributed by atoms with E-state index in [2.05, 4.69) is 9.71 Å². The van der Waals surface area contributed by atoms with Crippen LogP contribution in [0.4, 0.5) is 24.5 Å². The summed E-state index contributed by atoms with van der Waals surface area (Å²) in [6.07, 6.45) is -4.52.